The van der Waals surface area contributed by atoms with E-state index >= 15 is 0 Å². The number of piperidine rings is 1. The molecule has 4 nitrogen and oxygen atoms in total. The van der Waals surface area contributed by atoms with Gasteiger partial charge in [0, 0.05) is 17.1 Å². The Labute approximate surface area is 157 Å². The summed E-state index contributed by atoms with van der Waals surface area (Å²) in [6.07, 6.45) is 1.45. The molecule has 0 spiro atoms. The number of carboxylic acids is 1. The van der Waals surface area contributed by atoms with E-state index in [0.29, 0.717) is 23.7 Å². The van der Waals surface area contributed by atoms with Crippen molar-refractivity contribution in [2.45, 2.75) is 18.9 Å². The van der Waals surface area contributed by atoms with Crippen LogP contribution in [0, 0.1) is 11.7 Å². The highest BCUT2D eigenvalue weighted by Crippen LogP contribution is 2.38. The van der Waals surface area contributed by atoms with Crippen LogP contribution < -0.4 is 4.74 Å². The van der Waals surface area contributed by atoms with Crippen LogP contribution in [-0.4, -0.2) is 36.2 Å². The highest BCUT2D eigenvalue weighted by atomic mass is 35.5. The third-order valence-corrected chi connectivity index (χ3v) is 5.07. The first kappa shape index (κ1) is 18.7. The number of aliphatic carboxylic acids is 1. The molecule has 0 amide bonds. The molecule has 0 aromatic heterocycles. The number of carboxylic acid groups (broad SMARTS) is 1. The van der Waals surface area contributed by atoms with Crippen molar-refractivity contribution in [2.24, 2.45) is 5.92 Å². The predicted octanol–water partition coefficient (Wildman–Crippen LogP) is 4.37. The summed E-state index contributed by atoms with van der Waals surface area (Å²) in [5.74, 6) is -0.851. The lowest BCUT2D eigenvalue weighted by atomic mass is 9.91. The number of carbonyl (C=O) groups is 1. The largest absolute Gasteiger partial charge is 0.496 e. The number of halogens is 2. The summed E-state index contributed by atoms with van der Waals surface area (Å²) in [4.78, 5) is 13.6. The SMILES string of the molecule is COc1ccc(Cl)cc1C(c1ccc(F)cc1)N1CCCC(C(=O)O)C1. The molecule has 0 aliphatic carbocycles. The number of hydrogen-bond donors (Lipinski definition) is 1. The van der Waals surface area contributed by atoms with E-state index in [-0.39, 0.29) is 11.9 Å². The smallest absolute Gasteiger partial charge is 0.307 e. The first-order valence-corrected chi connectivity index (χ1v) is 8.93. The Kier molecular flexibility index (Phi) is 5.79. The minimum Gasteiger partial charge on any atom is -0.496 e. The molecule has 2 atom stereocenters. The number of methoxy groups -OCH3 is 1. The average molecular weight is 378 g/mol. The standard InChI is InChI=1S/C20H21ClFNO3/c1-26-18-9-6-15(21)11-17(18)19(13-4-7-16(22)8-5-13)23-10-2-3-14(12-23)20(24)25/h4-9,11,14,19H,2-3,10,12H2,1H3,(H,24,25). The van der Waals surface area contributed by atoms with Crippen LogP contribution in [-0.2, 0) is 4.79 Å². The molecule has 2 unspecified atom stereocenters. The Morgan fingerprint density at radius 3 is 2.69 bits per heavy atom. The Balaban J connectivity index is 2.06. The molecule has 1 aliphatic rings. The van der Waals surface area contributed by atoms with Crippen LogP contribution in [0.25, 0.3) is 0 Å². The maximum absolute atomic E-state index is 13.4. The number of rotatable bonds is 5. The highest BCUT2D eigenvalue weighted by molar-refractivity contribution is 6.30. The maximum Gasteiger partial charge on any atom is 0.307 e. The molecule has 6 heteroatoms. The van der Waals surface area contributed by atoms with Crippen LogP contribution in [0.4, 0.5) is 4.39 Å². The Morgan fingerprint density at radius 1 is 1.31 bits per heavy atom. The molecule has 2 aromatic carbocycles. The van der Waals surface area contributed by atoms with Crippen molar-refractivity contribution in [3.05, 3.63) is 64.4 Å². The molecule has 1 heterocycles. The van der Waals surface area contributed by atoms with Gasteiger partial charge in [-0.15, -0.1) is 0 Å². The average Bonchev–Trinajstić information content (AvgIpc) is 2.64. The van der Waals surface area contributed by atoms with E-state index in [2.05, 4.69) is 4.90 Å². The topological polar surface area (TPSA) is 49.8 Å². The Bertz CT molecular complexity index is 781. The third kappa shape index (κ3) is 4.00. The van der Waals surface area contributed by atoms with Gasteiger partial charge in [-0.05, 0) is 55.3 Å². The summed E-state index contributed by atoms with van der Waals surface area (Å²) < 4.78 is 19.0. The van der Waals surface area contributed by atoms with Crippen LogP contribution in [0.5, 0.6) is 5.75 Å². The van der Waals surface area contributed by atoms with Crippen molar-refractivity contribution in [3.8, 4) is 5.75 Å². The predicted molar refractivity (Wildman–Crippen MR) is 98.2 cm³/mol. The second-order valence-electron chi connectivity index (χ2n) is 6.51. The summed E-state index contributed by atoms with van der Waals surface area (Å²) in [5.41, 5.74) is 1.72. The van der Waals surface area contributed by atoms with E-state index in [0.717, 1.165) is 24.1 Å². The lowest BCUT2D eigenvalue weighted by Crippen LogP contribution is -2.41. The third-order valence-electron chi connectivity index (χ3n) is 4.84. The lowest BCUT2D eigenvalue weighted by molar-refractivity contribution is -0.143. The van der Waals surface area contributed by atoms with Gasteiger partial charge in [0.05, 0.1) is 19.1 Å². The van der Waals surface area contributed by atoms with Crippen LogP contribution >= 0.6 is 11.6 Å². The van der Waals surface area contributed by atoms with Crippen molar-refractivity contribution in [1.82, 2.24) is 4.90 Å². The summed E-state index contributed by atoms with van der Waals surface area (Å²) in [6.45, 7) is 1.18. The van der Waals surface area contributed by atoms with Gasteiger partial charge in [-0.2, -0.15) is 0 Å². The highest BCUT2D eigenvalue weighted by Gasteiger charge is 2.32. The molecule has 138 valence electrons. The zero-order chi connectivity index (χ0) is 18.7. The van der Waals surface area contributed by atoms with E-state index in [1.807, 2.05) is 6.07 Å². The quantitative estimate of drug-likeness (QED) is 0.840. The van der Waals surface area contributed by atoms with Crippen LogP contribution in [0.3, 0.4) is 0 Å². The zero-order valence-corrected chi connectivity index (χ0v) is 15.2. The molecular weight excluding hydrogens is 357 g/mol. The Morgan fingerprint density at radius 2 is 2.04 bits per heavy atom. The van der Waals surface area contributed by atoms with Gasteiger partial charge >= 0.3 is 5.97 Å². The van der Waals surface area contributed by atoms with Crippen LogP contribution in [0.2, 0.25) is 5.02 Å². The van der Waals surface area contributed by atoms with Gasteiger partial charge in [-0.25, -0.2) is 4.39 Å². The van der Waals surface area contributed by atoms with Gasteiger partial charge in [0.2, 0.25) is 0 Å². The molecule has 0 radical (unpaired) electrons. The molecule has 1 aliphatic heterocycles. The van der Waals surface area contributed by atoms with Crippen molar-refractivity contribution < 1.29 is 19.0 Å². The molecule has 1 N–H and O–H groups in total. The van der Waals surface area contributed by atoms with Crippen molar-refractivity contribution in [2.75, 3.05) is 20.2 Å². The maximum atomic E-state index is 13.4. The number of nitrogens with zero attached hydrogens (tertiary/aromatic N) is 1. The zero-order valence-electron chi connectivity index (χ0n) is 14.5. The van der Waals surface area contributed by atoms with Crippen molar-refractivity contribution in [1.29, 1.82) is 0 Å². The van der Waals surface area contributed by atoms with Gasteiger partial charge in [0.1, 0.15) is 11.6 Å². The summed E-state index contributed by atoms with van der Waals surface area (Å²) in [5, 5.41) is 10.0. The molecule has 0 saturated carbocycles. The second-order valence-corrected chi connectivity index (χ2v) is 6.95. The fourth-order valence-corrected chi connectivity index (χ4v) is 3.77. The summed E-state index contributed by atoms with van der Waals surface area (Å²) in [7, 11) is 1.59. The van der Waals surface area contributed by atoms with Crippen molar-refractivity contribution in [3.63, 3.8) is 0 Å². The van der Waals surface area contributed by atoms with E-state index in [9.17, 15) is 14.3 Å². The number of ether oxygens (including phenoxy) is 1. The Hall–Kier alpha value is -2.11. The number of likely N-dealkylation sites (tertiary alicyclic amines) is 1. The van der Waals surface area contributed by atoms with Gasteiger partial charge < -0.3 is 9.84 Å². The monoisotopic (exact) mass is 377 g/mol. The molecule has 0 bridgehead atoms. The molecule has 26 heavy (non-hydrogen) atoms. The first-order valence-electron chi connectivity index (χ1n) is 8.55. The minimum atomic E-state index is -0.786. The number of hydrogen-bond acceptors (Lipinski definition) is 3. The van der Waals surface area contributed by atoms with Crippen molar-refractivity contribution >= 4 is 17.6 Å². The van der Waals surface area contributed by atoms with E-state index in [1.165, 1.54) is 12.1 Å². The molecule has 2 aromatic rings. The summed E-state index contributed by atoms with van der Waals surface area (Å²) >= 11 is 6.22. The van der Waals surface area contributed by atoms with Crippen LogP contribution in [0.1, 0.15) is 30.0 Å². The molecule has 1 saturated heterocycles. The first-order chi connectivity index (χ1) is 12.5. The molecule has 3 rings (SSSR count). The van der Waals surface area contributed by atoms with Gasteiger partial charge in [0.15, 0.2) is 0 Å². The van der Waals surface area contributed by atoms with Gasteiger partial charge in [-0.3, -0.25) is 9.69 Å². The minimum absolute atomic E-state index is 0.258. The summed E-state index contributed by atoms with van der Waals surface area (Å²) in [6, 6.07) is 11.4. The van der Waals surface area contributed by atoms with E-state index in [4.69, 9.17) is 16.3 Å². The van der Waals surface area contributed by atoms with Gasteiger partial charge in [-0.1, -0.05) is 23.7 Å². The molecular formula is C20H21ClFNO3. The fourth-order valence-electron chi connectivity index (χ4n) is 3.59. The molecule has 1 fully saturated rings. The van der Waals surface area contributed by atoms with E-state index < -0.39 is 11.9 Å². The number of benzene rings is 2. The van der Waals surface area contributed by atoms with Crippen LogP contribution in [0.15, 0.2) is 42.5 Å². The second kappa shape index (κ2) is 8.06. The van der Waals surface area contributed by atoms with E-state index in [1.54, 1.807) is 31.4 Å². The van der Waals surface area contributed by atoms with Gasteiger partial charge in [0.25, 0.3) is 0 Å². The lowest BCUT2D eigenvalue weighted by Gasteiger charge is -2.38. The fraction of sp³-hybridized carbons (Fsp3) is 0.350. The normalized spacial score (nSPS) is 19.1.